The van der Waals surface area contributed by atoms with Crippen LogP contribution in [0.5, 0.6) is 11.5 Å². The summed E-state index contributed by atoms with van der Waals surface area (Å²) in [6.45, 7) is 2.76. The van der Waals surface area contributed by atoms with E-state index in [1.165, 1.54) is 25.0 Å². The molecule has 0 amide bonds. The molecule has 0 fully saturated rings. The highest BCUT2D eigenvalue weighted by Gasteiger charge is 1.94. The summed E-state index contributed by atoms with van der Waals surface area (Å²) in [5.74, 6) is 0.613. The number of esters is 2. The van der Waals surface area contributed by atoms with Crippen LogP contribution in [0.15, 0.2) is 121 Å². The van der Waals surface area contributed by atoms with Gasteiger partial charge in [0.05, 0.1) is 0 Å². The molecule has 4 nitrogen and oxygen atoms in total. The molecule has 0 atom stereocenters. The first-order valence-corrected chi connectivity index (χ1v) is 10.1. The van der Waals surface area contributed by atoms with Crippen molar-refractivity contribution >= 4 is 11.9 Å². The van der Waals surface area contributed by atoms with Gasteiger partial charge in [0.2, 0.25) is 0 Å². The minimum atomic E-state index is -0.286. The third-order valence-electron chi connectivity index (χ3n) is 3.89. The Morgan fingerprint density at radius 2 is 0.688 bits per heavy atom. The molecule has 0 N–H and O–H groups in total. The van der Waals surface area contributed by atoms with E-state index in [4.69, 9.17) is 9.47 Å². The summed E-state index contributed by atoms with van der Waals surface area (Å²) >= 11 is 0. The van der Waals surface area contributed by atoms with E-state index in [9.17, 15) is 9.59 Å². The van der Waals surface area contributed by atoms with Gasteiger partial charge in [-0.1, -0.05) is 97.1 Å². The van der Waals surface area contributed by atoms with Gasteiger partial charge in [-0.25, -0.2) is 0 Å². The van der Waals surface area contributed by atoms with Gasteiger partial charge in [-0.05, 0) is 35.4 Å². The molecule has 0 aliphatic carbocycles. The second-order valence-electron chi connectivity index (χ2n) is 6.55. The van der Waals surface area contributed by atoms with Crippen LogP contribution in [0.3, 0.4) is 0 Å². The van der Waals surface area contributed by atoms with Crippen molar-refractivity contribution in [1.29, 1.82) is 0 Å². The lowest BCUT2D eigenvalue weighted by Crippen LogP contribution is -2.00. The first-order chi connectivity index (χ1) is 15.5. The van der Waals surface area contributed by atoms with Crippen molar-refractivity contribution in [2.45, 2.75) is 13.8 Å². The molecule has 0 saturated heterocycles. The molecule has 0 aliphatic rings. The Kier molecular flexibility index (Phi) is 10.5. The quantitative estimate of drug-likeness (QED) is 0.274. The number of para-hydroxylation sites is 2. The zero-order chi connectivity index (χ0) is 23.0. The third-order valence-corrected chi connectivity index (χ3v) is 3.89. The van der Waals surface area contributed by atoms with Gasteiger partial charge in [-0.15, -0.1) is 0 Å². The summed E-state index contributed by atoms with van der Waals surface area (Å²) in [5, 5.41) is 0. The second-order valence-corrected chi connectivity index (χ2v) is 6.55. The standard InChI is InChI=1S/C12H10.2C8H8O2/c1-3-7-11(8-4-1)12-9-5-2-6-10-12;2*1-7(9)10-8-5-3-2-4-6-8/h1-10H;2*2-6H,1H3. The average Bonchev–Trinajstić information content (AvgIpc) is 2.82. The van der Waals surface area contributed by atoms with Gasteiger partial charge in [0, 0.05) is 13.8 Å². The zero-order valence-electron chi connectivity index (χ0n) is 18.2. The summed E-state index contributed by atoms with van der Waals surface area (Å²) in [5.41, 5.74) is 2.55. The molecule has 0 heterocycles. The first kappa shape index (κ1) is 24.1. The molecule has 0 radical (unpaired) electrons. The van der Waals surface area contributed by atoms with E-state index >= 15 is 0 Å². The van der Waals surface area contributed by atoms with Crippen molar-refractivity contribution in [3.63, 3.8) is 0 Å². The van der Waals surface area contributed by atoms with Crippen molar-refractivity contribution in [3.05, 3.63) is 121 Å². The Labute approximate surface area is 189 Å². The highest BCUT2D eigenvalue weighted by Crippen LogP contribution is 2.17. The number of carbonyl (C=O) groups excluding carboxylic acids is 2. The maximum Gasteiger partial charge on any atom is 0.308 e. The SMILES string of the molecule is CC(=O)Oc1ccccc1.CC(=O)Oc1ccccc1.c1ccc(-c2ccccc2)cc1. The van der Waals surface area contributed by atoms with Crippen molar-refractivity contribution in [3.8, 4) is 22.6 Å². The highest BCUT2D eigenvalue weighted by molar-refractivity contribution is 5.69. The number of hydrogen-bond acceptors (Lipinski definition) is 4. The molecule has 0 saturated carbocycles. The largest absolute Gasteiger partial charge is 0.427 e. The zero-order valence-corrected chi connectivity index (χ0v) is 18.2. The Morgan fingerprint density at radius 1 is 0.438 bits per heavy atom. The molecule has 4 aromatic carbocycles. The van der Waals surface area contributed by atoms with E-state index in [0.717, 1.165) is 0 Å². The summed E-state index contributed by atoms with van der Waals surface area (Å²) in [6, 6.07) is 38.7. The molecule has 0 aromatic heterocycles. The second kappa shape index (κ2) is 13.9. The minimum Gasteiger partial charge on any atom is -0.427 e. The molecular weight excluding hydrogens is 400 g/mol. The van der Waals surface area contributed by atoms with Crippen LogP contribution in [0.1, 0.15) is 13.8 Å². The van der Waals surface area contributed by atoms with E-state index in [2.05, 4.69) is 48.5 Å². The fourth-order valence-corrected chi connectivity index (χ4v) is 2.57. The Hall–Kier alpha value is -4.18. The number of hydrogen-bond donors (Lipinski definition) is 0. The molecule has 32 heavy (non-hydrogen) atoms. The monoisotopic (exact) mass is 426 g/mol. The van der Waals surface area contributed by atoms with Crippen molar-refractivity contribution in [2.24, 2.45) is 0 Å². The molecule has 4 aromatic rings. The summed E-state index contributed by atoms with van der Waals surface area (Å²) < 4.78 is 9.55. The number of ether oxygens (including phenoxy) is 2. The third kappa shape index (κ3) is 10.0. The lowest BCUT2D eigenvalue weighted by molar-refractivity contribution is -0.132. The Balaban J connectivity index is 0.000000171. The van der Waals surface area contributed by atoms with Gasteiger partial charge in [0.1, 0.15) is 11.5 Å². The maximum atomic E-state index is 10.4. The van der Waals surface area contributed by atoms with Gasteiger partial charge in [-0.3, -0.25) is 9.59 Å². The van der Waals surface area contributed by atoms with Gasteiger partial charge in [-0.2, -0.15) is 0 Å². The lowest BCUT2D eigenvalue weighted by atomic mass is 10.1. The molecule has 0 unspecified atom stereocenters. The number of benzene rings is 4. The average molecular weight is 427 g/mol. The lowest BCUT2D eigenvalue weighted by Gasteiger charge is -1.98. The predicted octanol–water partition coefficient (Wildman–Crippen LogP) is 6.58. The first-order valence-electron chi connectivity index (χ1n) is 10.1. The van der Waals surface area contributed by atoms with Crippen molar-refractivity contribution in [2.75, 3.05) is 0 Å². The van der Waals surface area contributed by atoms with E-state index in [0.29, 0.717) is 11.5 Å². The molecule has 162 valence electrons. The summed E-state index contributed by atoms with van der Waals surface area (Å²) in [6.07, 6.45) is 0. The van der Waals surface area contributed by atoms with Crippen LogP contribution in [-0.2, 0) is 9.59 Å². The van der Waals surface area contributed by atoms with Crippen LogP contribution in [-0.4, -0.2) is 11.9 Å². The molecule has 0 bridgehead atoms. The smallest absolute Gasteiger partial charge is 0.308 e. The molecule has 4 heteroatoms. The van der Waals surface area contributed by atoms with E-state index in [1.54, 1.807) is 24.3 Å². The van der Waals surface area contributed by atoms with Gasteiger partial charge in [0.25, 0.3) is 0 Å². The molecule has 4 rings (SSSR count). The van der Waals surface area contributed by atoms with E-state index in [-0.39, 0.29) is 11.9 Å². The normalized spacial score (nSPS) is 9.19. The van der Waals surface area contributed by atoms with Gasteiger partial charge in [0.15, 0.2) is 0 Å². The van der Waals surface area contributed by atoms with Crippen LogP contribution in [0.2, 0.25) is 0 Å². The summed E-state index contributed by atoms with van der Waals surface area (Å²) in [4.78, 5) is 20.8. The van der Waals surface area contributed by atoms with Crippen molar-refractivity contribution < 1.29 is 19.1 Å². The van der Waals surface area contributed by atoms with Crippen molar-refractivity contribution in [1.82, 2.24) is 0 Å². The fourth-order valence-electron chi connectivity index (χ4n) is 2.57. The summed E-state index contributed by atoms with van der Waals surface area (Å²) in [7, 11) is 0. The van der Waals surface area contributed by atoms with Crippen LogP contribution in [0.4, 0.5) is 0 Å². The Morgan fingerprint density at radius 3 is 0.938 bits per heavy atom. The van der Waals surface area contributed by atoms with E-state index in [1.807, 2.05) is 48.5 Å². The van der Waals surface area contributed by atoms with Crippen LogP contribution >= 0.6 is 0 Å². The molecule has 0 aliphatic heterocycles. The Bertz CT molecular complexity index is 959. The van der Waals surface area contributed by atoms with Gasteiger partial charge < -0.3 is 9.47 Å². The predicted molar refractivity (Wildman–Crippen MR) is 127 cm³/mol. The molecular formula is C28H26O4. The van der Waals surface area contributed by atoms with Crippen LogP contribution < -0.4 is 9.47 Å². The van der Waals surface area contributed by atoms with Gasteiger partial charge >= 0.3 is 11.9 Å². The minimum absolute atomic E-state index is 0.286. The van der Waals surface area contributed by atoms with E-state index < -0.39 is 0 Å². The fraction of sp³-hybridized carbons (Fsp3) is 0.0714. The number of rotatable bonds is 3. The van der Waals surface area contributed by atoms with Crippen LogP contribution in [0.25, 0.3) is 11.1 Å². The number of carbonyl (C=O) groups is 2. The molecule has 0 spiro atoms. The highest BCUT2D eigenvalue weighted by atomic mass is 16.5. The van der Waals surface area contributed by atoms with Crippen LogP contribution in [0, 0.1) is 0 Å². The topological polar surface area (TPSA) is 52.6 Å². The maximum absolute atomic E-state index is 10.4.